The van der Waals surface area contributed by atoms with E-state index in [0.29, 0.717) is 29.3 Å². The van der Waals surface area contributed by atoms with Crippen LogP contribution in [-0.4, -0.2) is 50.6 Å². The molecule has 8 heteroatoms. The van der Waals surface area contributed by atoms with Crippen molar-refractivity contribution in [2.24, 2.45) is 5.92 Å². The number of halogens is 1. The minimum atomic E-state index is -0.997. The second-order valence-corrected chi connectivity index (χ2v) is 9.94. The monoisotopic (exact) mass is 463 g/mol. The Labute approximate surface area is 189 Å². The molecule has 1 fully saturated rings. The third-order valence-corrected chi connectivity index (χ3v) is 7.48. The van der Waals surface area contributed by atoms with E-state index in [4.69, 9.17) is 11.6 Å². The van der Waals surface area contributed by atoms with Crippen LogP contribution < -0.4 is 0 Å². The Morgan fingerprint density at radius 3 is 2.43 bits per heavy atom. The second kappa shape index (κ2) is 10.4. The molecule has 1 aliphatic heterocycles. The first-order valence-corrected chi connectivity index (χ1v) is 11.8. The molecule has 2 aromatic carbocycles. The SMILES string of the molecule is CC(CSC(=O)c1ccccc1)C(=O)N1C[C@@H](Sc2ccc(Cl)cc2)C[C@H]1C(=O)O. The number of nitrogens with zero attached hydrogens (tertiary/aromatic N) is 1. The van der Waals surface area contributed by atoms with Gasteiger partial charge in [-0.1, -0.05) is 60.6 Å². The molecule has 30 heavy (non-hydrogen) atoms. The summed E-state index contributed by atoms with van der Waals surface area (Å²) in [6, 6.07) is 15.4. The van der Waals surface area contributed by atoms with E-state index in [-0.39, 0.29) is 16.3 Å². The van der Waals surface area contributed by atoms with Gasteiger partial charge in [0.15, 0.2) is 0 Å². The summed E-state index contributed by atoms with van der Waals surface area (Å²) in [4.78, 5) is 39.4. The number of carbonyl (C=O) groups is 3. The lowest BCUT2D eigenvalue weighted by Crippen LogP contribution is -2.43. The summed E-state index contributed by atoms with van der Waals surface area (Å²) in [5.74, 6) is -1.37. The van der Waals surface area contributed by atoms with Gasteiger partial charge in [-0.2, -0.15) is 0 Å². The smallest absolute Gasteiger partial charge is 0.326 e. The predicted molar refractivity (Wildman–Crippen MR) is 121 cm³/mol. The molecule has 1 N–H and O–H groups in total. The van der Waals surface area contributed by atoms with Crippen molar-refractivity contribution < 1.29 is 19.5 Å². The van der Waals surface area contributed by atoms with Crippen molar-refractivity contribution >= 4 is 52.1 Å². The number of thioether (sulfide) groups is 2. The molecule has 0 aliphatic carbocycles. The molecule has 0 aromatic heterocycles. The van der Waals surface area contributed by atoms with Crippen LogP contribution in [0.15, 0.2) is 59.5 Å². The van der Waals surface area contributed by atoms with Gasteiger partial charge in [0, 0.05) is 38.9 Å². The van der Waals surface area contributed by atoms with Gasteiger partial charge in [-0.15, -0.1) is 11.8 Å². The zero-order chi connectivity index (χ0) is 21.7. The molecule has 5 nitrogen and oxygen atoms in total. The quantitative estimate of drug-likeness (QED) is 0.641. The number of rotatable bonds is 7. The van der Waals surface area contributed by atoms with Crippen molar-refractivity contribution in [3.05, 3.63) is 65.2 Å². The maximum absolute atomic E-state index is 13.0. The van der Waals surface area contributed by atoms with Crippen LogP contribution in [0.4, 0.5) is 0 Å². The number of hydrogen-bond acceptors (Lipinski definition) is 5. The van der Waals surface area contributed by atoms with Gasteiger partial charge < -0.3 is 10.0 Å². The molecule has 1 aliphatic rings. The number of benzene rings is 2. The largest absolute Gasteiger partial charge is 0.480 e. The number of carboxylic acid groups (broad SMARTS) is 1. The highest BCUT2D eigenvalue weighted by molar-refractivity contribution is 8.14. The molecule has 158 valence electrons. The van der Waals surface area contributed by atoms with E-state index in [1.54, 1.807) is 55.1 Å². The Kier molecular flexibility index (Phi) is 7.86. The summed E-state index contributed by atoms with van der Waals surface area (Å²) in [7, 11) is 0. The first kappa shape index (κ1) is 22.7. The highest BCUT2D eigenvalue weighted by Gasteiger charge is 2.41. The normalized spacial score (nSPS) is 19.5. The minimum Gasteiger partial charge on any atom is -0.480 e. The third-order valence-electron chi connectivity index (χ3n) is 4.84. The van der Waals surface area contributed by atoms with E-state index in [0.717, 1.165) is 16.7 Å². The molecule has 1 unspecified atom stereocenters. The van der Waals surface area contributed by atoms with Gasteiger partial charge in [0.05, 0.1) is 0 Å². The summed E-state index contributed by atoms with van der Waals surface area (Å²) in [5.41, 5.74) is 0.589. The number of hydrogen-bond donors (Lipinski definition) is 1. The molecule has 3 atom stereocenters. The van der Waals surface area contributed by atoms with Gasteiger partial charge in [-0.25, -0.2) is 4.79 Å². The zero-order valence-corrected chi connectivity index (χ0v) is 18.8. The molecule has 0 spiro atoms. The molecule has 1 saturated heterocycles. The van der Waals surface area contributed by atoms with Gasteiger partial charge in [0.25, 0.3) is 0 Å². The lowest BCUT2D eigenvalue weighted by Gasteiger charge is -2.24. The summed E-state index contributed by atoms with van der Waals surface area (Å²) in [6.45, 7) is 2.11. The van der Waals surface area contributed by atoms with Crippen LogP contribution in [0.1, 0.15) is 23.7 Å². The number of carbonyl (C=O) groups excluding carboxylic acids is 2. The highest BCUT2D eigenvalue weighted by atomic mass is 35.5. The average Bonchev–Trinajstić information content (AvgIpc) is 3.17. The lowest BCUT2D eigenvalue weighted by molar-refractivity contribution is -0.149. The molecule has 3 rings (SSSR count). The molecular weight excluding hydrogens is 442 g/mol. The molecule has 2 aromatic rings. The maximum atomic E-state index is 13.0. The van der Waals surface area contributed by atoms with Gasteiger partial charge in [0.1, 0.15) is 6.04 Å². The van der Waals surface area contributed by atoms with E-state index in [1.165, 1.54) is 4.90 Å². The van der Waals surface area contributed by atoms with E-state index >= 15 is 0 Å². The van der Waals surface area contributed by atoms with Crippen LogP contribution in [0.5, 0.6) is 0 Å². The average molecular weight is 464 g/mol. The molecule has 0 saturated carbocycles. The topological polar surface area (TPSA) is 74.7 Å². The summed E-state index contributed by atoms with van der Waals surface area (Å²) < 4.78 is 0. The standard InChI is InChI=1S/C22H22ClNO4S2/c1-14(13-29-22(28)15-5-3-2-4-6-15)20(25)24-12-18(11-19(24)21(26)27)30-17-9-7-16(23)8-10-17/h2-10,14,18-19H,11-13H2,1H3,(H,26,27)/t14?,18-,19-/m0/s1. The number of likely N-dealkylation sites (tertiary alicyclic amines) is 1. The van der Waals surface area contributed by atoms with Crippen molar-refractivity contribution in [2.45, 2.75) is 29.5 Å². The van der Waals surface area contributed by atoms with Crippen LogP contribution in [0.2, 0.25) is 5.02 Å². The lowest BCUT2D eigenvalue weighted by atomic mass is 10.1. The van der Waals surface area contributed by atoms with E-state index < -0.39 is 17.9 Å². The second-order valence-electron chi connectivity index (χ2n) is 7.14. The zero-order valence-electron chi connectivity index (χ0n) is 16.4. The van der Waals surface area contributed by atoms with Crippen molar-refractivity contribution in [2.75, 3.05) is 12.3 Å². The van der Waals surface area contributed by atoms with E-state index in [9.17, 15) is 19.5 Å². The van der Waals surface area contributed by atoms with Crippen LogP contribution in [-0.2, 0) is 9.59 Å². The molecule has 0 bridgehead atoms. The number of amides is 1. The fraction of sp³-hybridized carbons (Fsp3) is 0.318. The van der Waals surface area contributed by atoms with Crippen LogP contribution >= 0.6 is 35.1 Å². The van der Waals surface area contributed by atoms with E-state index in [1.807, 2.05) is 18.2 Å². The van der Waals surface area contributed by atoms with Crippen LogP contribution in [0, 0.1) is 5.92 Å². The number of aliphatic carboxylic acids is 1. The fourth-order valence-corrected chi connectivity index (χ4v) is 5.44. The van der Waals surface area contributed by atoms with Gasteiger partial charge in [-0.05, 0) is 30.7 Å². The first-order chi connectivity index (χ1) is 14.3. The van der Waals surface area contributed by atoms with Crippen LogP contribution in [0.25, 0.3) is 0 Å². The molecule has 1 amide bonds. The molecular formula is C22H22ClNO4S2. The Balaban J connectivity index is 1.60. The van der Waals surface area contributed by atoms with Crippen molar-refractivity contribution in [3.63, 3.8) is 0 Å². The van der Waals surface area contributed by atoms with Gasteiger partial charge in [0.2, 0.25) is 11.0 Å². The van der Waals surface area contributed by atoms with E-state index in [2.05, 4.69) is 0 Å². The Morgan fingerprint density at radius 2 is 1.80 bits per heavy atom. The Hall–Kier alpha value is -1.96. The third kappa shape index (κ3) is 5.80. The minimum absolute atomic E-state index is 0.0120. The summed E-state index contributed by atoms with van der Waals surface area (Å²) in [6.07, 6.45) is 0.386. The summed E-state index contributed by atoms with van der Waals surface area (Å²) in [5, 5.41) is 10.2. The van der Waals surface area contributed by atoms with Crippen molar-refractivity contribution in [1.82, 2.24) is 4.90 Å². The van der Waals surface area contributed by atoms with Gasteiger partial charge in [-0.3, -0.25) is 9.59 Å². The van der Waals surface area contributed by atoms with Gasteiger partial charge >= 0.3 is 5.97 Å². The molecule has 0 radical (unpaired) electrons. The summed E-state index contributed by atoms with van der Waals surface area (Å²) >= 11 is 8.56. The van der Waals surface area contributed by atoms with Crippen molar-refractivity contribution in [3.8, 4) is 0 Å². The Morgan fingerprint density at radius 1 is 1.13 bits per heavy atom. The number of carboxylic acids is 1. The molecule has 1 heterocycles. The Bertz CT molecular complexity index is 907. The maximum Gasteiger partial charge on any atom is 0.326 e. The first-order valence-electron chi connectivity index (χ1n) is 9.53. The predicted octanol–water partition coefficient (Wildman–Crippen LogP) is 4.70. The van der Waals surface area contributed by atoms with Crippen LogP contribution in [0.3, 0.4) is 0 Å². The van der Waals surface area contributed by atoms with Crippen molar-refractivity contribution in [1.29, 1.82) is 0 Å². The fourth-order valence-electron chi connectivity index (χ4n) is 3.28. The highest BCUT2D eigenvalue weighted by Crippen LogP contribution is 2.34.